The van der Waals surface area contributed by atoms with Gasteiger partial charge in [-0.15, -0.1) is 0 Å². The van der Waals surface area contributed by atoms with Gasteiger partial charge in [0.2, 0.25) is 0 Å². The van der Waals surface area contributed by atoms with Gasteiger partial charge in [0.15, 0.2) is 0 Å². The first-order chi connectivity index (χ1) is 12.2. The Morgan fingerprint density at radius 3 is 2.36 bits per heavy atom. The highest BCUT2D eigenvalue weighted by Crippen LogP contribution is 2.20. The topological polar surface area (TPSA) is 79.2 Å². The number of rotatable bonds is 15. The lowest BCUT2D eigenvalue weighted by Crippen LogP contribution is -2.41. The van der Waals surface area contributed by atoms with Gasteiger partial charge in [-0.3, -0.25) is 0 Å². The van der Waals surface area contributed by atoms with Crippen molar-refractivity contribution in [1.82, 2.24) is 0 Å². The van der Waals surface area contributed by atoms with Gasteiger partial charge in [-0.05, 0) is 19.3 Å². The number of ether oxygens (including phenoxy) is 2. The second-order valence-electron chi connectivity index (χ2n) is 6.97. The minimum absolute atomic E-state index is 0.255. The molecule has 0 unspecified atom stereocenters. The van der Waals surface area contributed by atoms with E-state index in [0.717, 1.165) is 12.8 Å². The van der Waals surface area contributed by atoms with Gasteiger partial charge in [0.25, 0.3) is 0 Å². The Morgan fingerprint density at radius 1 is 1.04 bits per heavy atom. The Morgan fingerprint density at radius 2 is 1.68 bits per heavy atom. The summed E-state index contributed by atoms with van der Waals surface area (Å²) in [7, 11) is 0. The van der Waals surface area contributed by atoms with Gasteiger partial charge in [-0.2, -0.15) is 0 Å². The standard InChI is InChI=1S/C20H38O5/c1-2-3-4-5-6-7-8-9-10-11-12-13-14-24-18-16-25-20(19(18)23)17(22)15-21/h11-12,17-23H,2-10,13-16H2,1H3/b12-11+/t17-,18+,19+,20+/m1/s1. The maximum absolute atomic E-state index is 10.0. The summed E-state index contributed by atoms with van der Waals surface area (Å²) in [6, 6.07) is 0. The van der Waals surface area contributed by atoms with Gasteiger partial charge in [0, 0.05) is 0 Å². The van der Waals surface area contributed by atoms with Crippen molar-refractivity contribution in [3.63, 3.8) is 0 Å². The van der Waals surface area contributed by atoms with E-state index in [4.69, 9.17) is 14.6 Å². The molecule has 3 N–H and O–H groups in total. The Balaban J connectivity index is 1.93. The molecule has 0 bridgehead atoms. The van der Waals surface area contributed by atoms with Crippen LogP contribution in [0, 0.1) is 0 Å². The molecule has 0 spiro atoms. The normalized spacial score (nSPS) is 25.0. The third-order valence-electron chi connectivity index (χ3n) is 4.74. The number of hydrogen-bond acceptors (Lipinski definition) is 5. The number of unbranched alkanes of at least 4 members (excludes halogenated alkanes) is 8. The number of hydrogen-bond donors (Lipinski definition) is 3. The minimum atomic E-state index is -1.06. The van der Waals surface area contributed by atoms with Gasteiger partial charge >= 0.3 is 0 Å². The third kappa shape index (κ3) is 9.71. The lowest BCUT2D eigenvalue weighted by Gasteiger charge is -2.20. The molecule has 25 heavy (non-hydrogen) atoms. The van der Waals surface area contributed by atoms with Crippen LogP contribution in [0.2, 0.25) is 0 Å². The predicted molar refractivity (Wildman–Crippen MR) is 99.6 cm³/mol. The molecular formula is C20H38O5. The van der Waals surface area contributed by atoms with Gasteiger partial charge in [0.1, 0.15) is 24.4 Å². The van der Waals surface area contributed by atoms with E-state index in [0.29, 0.717) is 6.61 Å². The second kappa shape index (κ2) is 14.7. The Bertz CT molecular complexity index is 334. The smallest absolute Gasteiger partial charge is 0.114 e. The fourth-order valence-electron chi connectivity index (χ4n) is 3.12. The first kappa shape index (κ1) is 22.6. The van der Waals surface area contributed by atoms with E-state index in [1.807, 2.05) is 0 Å². The maximum Gasteiger partial charge on any atom is 0.114 e. The van der Waals surface area contributed by atoms with Crippen molar-refractivity contribution < 1.29 is 24.8 Å². The maximum atomic E-state index is 10.0. The third-order valence-corrected chi connectivity index (χ3v) is 4.74. The summed E-state index contributed by atoms with van der Waals surface area (Å²) in [6.45, 7) is 2.61. The molecule has 0 aromatic heterocycles. The molecule has 1 heterocycles. The van der Waals surface area contributed by atoms with Crippen LogP contribution in [0.4, 0.5) is 0 Å². The van der Waals surface area contributed by atoms with Gasteiger partial charge in [-0.1, -0.05) is 64.0 Å². The van der Waals surface area contributed by atoms with Crippen molar-refractivity contribution in [3.05, 3.63) is 12.2 Å². The largest absolute Gasteiger partial charge is 0.394 e. The van der Waals surface area contributed by atoms with Crippen molar-refractivity contribution in [3.8, 4) is 0 Å². The average molecular weight is 359 g/mol. The second-order valence-corrected chi connectivity index (χ2v) is 6.97. The first-order valence-electron chi connectivity index (χ1n) is 10.1. The molecule has 1 fully saturated rings. The summed E-state index contributed by atoms with van der Waals surface area (Å²) in [5.74, 6) is 0. The van der Waals surface area contributed by atoms with Crippen LogP contribution in [0.25, 0.3) is 0 Å². The summed E-state index contributed by atoms with van der Waals surface area (Å²) < 4.78 is 10.9. The molecule has 0 radical (unpaired) electrons. The van der Waals surface area contributed by atoms with Gasteiger partial charge in [0.05, 0.1) is 19.8 Å². The highest BCUT2D eigenvalue weighted by Gasteiger charge is 2.40. The van der Waals surface area contributed by atoms with Crippen molar-refractivity contribution in [2.24, 2.45) is 0 Å². The van der Waals surface area contributed by atoms with Crippen molar-refractivity contribution in [2.75, 3.05) is 19.8 Å². The predicted octanol–water partition coefficient (Wildman–Crippen LogP) is 2.96. The average Bonchev–Trinajstić information content (AvgIpc) is 2.99. The highest BCUT2D eigenvalue weighted by atomic mass is 16.6. The summed E-state index contributed by atoms with van der Waals surface area (Å²) in [5.41, 5.74) is 0. The summed E-state index contributed by atoms with van der Waals surface area (Å²) in [5, 5.41) is 28.4. The van der Waals surface area contributed by atoms with E-state index in [1.54, 1.807) is 0 Å². The Labute approximate surface area is 153 Å². The van der Waals surface area contributed by atoms with E-state index >= 15 is 0 Å². The van der Waals surface area contributed by atoms with E-state index < -0.39 is 31.0 Å². The summed E-state index contributed by atoms with van der Waals surface area (Å²) in [6.07, 6.45) is 13.9. The van der Waals surface area contributed by atoms with Crippen molar-refractivity contribution in [1.29, 1.82) is 0 Å². The van der Waals surface area contributed by atoms with E-state index in [1.165, 1.54) is 51.4 Å². The lowest BCUT2D eigenvalue weighted by atomic mass is 10.1. The zero-order valence-electron chi connectivity index (χ0n) is 15.8. The molecule has 0 amide bonds. The molecule has 0 aromatic rings. The van der Waals surface area contributed by atoms with Crippen molar-refractivity contribution in [2.45, 2.75) is 95.5 Å². The quantitative estimate of drug-likeness (QED) is 0.310. The van der Waals surface area contributed by atoms with E-state index in [-0.39, 0.29) is 6.61 Å². The molecule has 5 nitrogen and oxygen atoms in total. The van der Waals surface area contributed by atoms with E-state index in [9.17, 15) is 10.2 Å². The number of allylic oxidation sites excluding steroid dienone is 1. The van der Waals surface area contributed by atoms with Crippen LogP contribution in [-0.2, 0) is 9.47 Å². The molecule has 1 aliphatic heterocycles. The lowest BCUT2D eigenvalue weighted by molar-refractivity contribution is -0.0726. The zero-order chi connectivity index (χ0) is 18.3. The molecule has 0 aliphatic carbocycles. The highest BCUT2D eigenvalue weighted by molar-refractivity contribution is 4.89. The van der Waals surface area contributed by atoms with Crippen molar-refractivity contribution >= 4 is 0 Å². The molecule has 0 aromatic carbocycles. The van der Waals surface area contributed by atoms with E-state index in [2.05, 4.69) is 19.1 Å². The molecule has 5 heteroatoms. The Kier molecular flexibility index (Phi) is 13.3. The molecule has 1 aliphatic rings. The van der Waals surface area contributed by atoms with Crippen LogP contribution in [0.1, 0.15) is 71.1 Å². The molecule has 1 rings (SSSR count). The summed E-state index contributed by atoms with van der Waals surface area (Å²) in [4.78, 5) is 0. The van der Waals surface area contributed by atoms with Crippen LogP contribution in [0.15, 0.2) is 12.2 Å². The number of aliphatic hydroxyl groups excluding tert-OH is 3. The zero-order valence-corrected chi connectivity index (χ0v) is 15.8. The molecular weight excluding hydrogens is 320 g/mol. The van der Waals surface area contributed by atoms with Crippen LogP contribution >= 0.6 is 0 Å². The first-order valence-corrected chi connectivity index (χ1v) is 10.1. The molecule has 1 saturated heterocycles. The molecule has 0 saturated carbocycles. The van der Waals surface area contributed by atoms with Gasteiger partial charge in [-0.25, -0.2) is 0 Å². The monoisotopic (exact) mass is 358 g/mol. The SMILES string of the molecule is CCCCCCCCCC/C=C/CCO[C@H]1CO[C@@H]([C@H](O)CO)[C@H]1O. The van der Waals surface area contributed by atoms with Crippen LogP contribution in [0.5, 0.6) is 0 Å². The minimum Gasteiger partial charge on any atom is -0.394 e. The van der Waals surface area contributed by atoms with Crippen LogP contribution in [-0.4, -0.2) is 59.6 Å². The fraction of sp³-hybridized carbons (Fsp3) is 0.900. The van der Waals surface area contributed by atoms with Crippen LogP contribution in [0.3, 0.4) is 0 Å². The summed E-state index contributed by atoms with van der Waals surface area (Å²) >= 11 is 0. The molecule has 148 valence electrons. The Hall–Kier alpha value is -0.460. The molecule has 4 atom stereocenters. The number of aliphatic hydroxyl groups is 3. The fourth-order valence-corrected chi connectivity index (χ4v) is 3.12. The van der Waals surface area contributed by atoms with Gasteiger partial charge < -0.3 is 24.8 Å². The van der Waals surface area contributed by atoms with Crippen LogP contribution < -0.4 is 0 Å².